The molecule has 0 radical (unpaired) electrons. The van der Waals surface area contributed by atoms with E-state index in [1.54, 1.807) is 0 Å². The van der Waals surface area contributed by atoms with E-state index in [-0.39, 0.29) is 6.04 Å². The molecule has 0 aliphatic heterocycles. The van der Waals surface area contributed by atoms with Crippen molar-refractivity contribution in [3.05, 3.63) is 35.4 Å². The second-order valence-corrected chi connectivity index (χ2v) is 4.87. The van der Waals surface area contributed by atoms with Crippen molar-refractivity contribution in [3.63, 3.8) is 0 Å². The number of aryl methyl sites for hydroxylation is 1. The van der Waals surface area contributed by atoms with Crippen LogP contribution in [0, 0.1) is 6.92 Å². The van der Waals surface area contributed by atoms with Crippen LogP contribution in [0.25, 0.3) is 0 Å². The van der Waals surface area contributed by atoms with Gasteiger partial charge in [0, 0.05) is 12.6 Å². The van der Waals surface area contributed by atoms with Crippen LogP contribution in [-0.4, -0.2) is 17.3 Å². The smallest absolute Gasteiger partial charge is 0.0741 e. The molecule has 0 saturated carbocycles. The molecule has 0 amide bonds. The lowest BCUT2D eigenvalue weighted by Gasteiger charge is -2.24. The number of hydrogen-bond donors (Lipinski definition) is 2. The maximum absolute atomic E-state index is 9.91. The predicted octanol–water partition coefficient (Wildman–Crippen LogP) is 2.81. The Balaban J connectivity index is 2.56. The summed E-state index contributed by atoms with van der Waals surface area (Å²) >= 11 is 0. The van der Waals surface area contributed by atoms with Gasteiger partial charge in [-0.05, 0) is 32.8 Å². The second kappa shape index (κ2) is 5.46. The van der Waals surface area contributed by atoms with E-state index in [0.717, 1.165) is 6.42 Å². The van der Waals surface area contributed by atoms with E-state index < -0.39 is 5.60 Å². The fraction of sp³-hybridized carbons (Fsp3) is 0.571. The third-order valence-electron chi connectivity index (χ3n) is 3.09. The summed E-state index contributed by atoms with van der Waals surface area (Å²) in [4.78, 5) is 0. The molecule has 0 aliphatic carbocycles. The lowest BCUT2D eigenvalue weighted by Crippen LogP contribution is -2.38. The fourth-order valence-electron chi connectivity index (χ4n) is 1.56. The van der Waals surface area contributed by atoms with Gasteiger partial charge in [-0.25, -0.2) is 0 Å². The van der Waals surface area contributed by atoms with Crippen molar-refractivity contribution in [2.24, 2.45) is 0 Å². The largest absolute Gasteiger partial charge is 0.389 e. The quantitative estimate of drug-likeness (QED) is 0.801. The monoisotopic (exact) mass is 221 g/mol. The summed E-state index contributed by atoms with van der Waals surface area (Å²) in [6.45, 7) is 8.71. The minimum absolute atomic E-state index is 0.276. The Labute approximate surface area is 98.7 Å². The highest BCUT2D eigenvalue weighted by molar-refractivity contribution is 5.24. The first-order valence-electron chi connectivity index (χ1n) is 5.97. The van der Waals surface area contributed by atoms with E-state index in [1.807, 2.05) is 13.8 Å². The number of aliphatic hydroxyl groups is 1. The molecule has 2 nitrogen and oxygen atoms in total. The van der Waals surface area contributed by atoms with Crippen molar-refractivity contribution in [1.82, 2.24) is 5.32 Å². The third-order valence-corrected chi connectivity index (χ3v) is 3.09. The fourth-order valence-corrected chi connectivity index (χ4v) is 1.56. The predicted molar refractivity (Wildman–Crippen MR) is 68.5 cm³/mol. The molecular weight excluding hydrogens is 198 g/mol. The summed E-state index contributed by atoms with van der Waals surface area (Å²) in [5, 5.41) is 13.3. The van der Waals surface area contributed by atoms with Crippen molar-refractivity contribution in [2.75, 3.05) is 6.54 Å². The van der Waals surface area contributed by atoms with E-state index >= 15 is 0 Å². The van der Waals surface area contributed by atoms with Gasteiger partial charge >= 0.3 is 0 Å². The highest BCUT2D eigenvalue weighted by Gasteiger charge is 2.18. The van der Waals surface area contributed by atoms with Crippen LogP contribution in [0.5, 0.6) is 0 Å². The lowest BCUT2D eigenvalue weighted by molar-refractivity contribution is 0.0533. The molecule has 1 aromatic carbocycles. The van der Waals surface area contributed by atoms with Crippen molar-refractivity contribution in [1.29, 1.82) is 0 Å². The van der Waals surface area contributed by atoms with Gasteiger partial charge in [0.15, 0.2) is 0 Å². The van der Waals surface area contributed by atoms with Gasteiger partial charge in [-0.3, -0.25) is 0 Å². The third kappa shape index (κ3) is 3.95. The summed E-state index contributed by atoms with van der Waals surface area (Å²) in [5.41, 5.74) is 1.93. The Morgan fingerprint density at radius 1 is 1.44 bits per heavy atom. The molecule has 0 bridgehead atoms. The zero-order valence-corrected chi connectivity index (χ0v) is 10.7. The van der Waals surface area contributed by atoms with Crippen molar-refractivity contribution in [2.45, 2.75) is 45.8 Å². The average molecular weight is 221 g/mol. The van der Waals surface area contributed by atoms with Crippen LogP contribution in [0.1, 0.15) is 44.4 Å². The van der Waals surface area contributed by atoms with Crippen molar-refractivity contribution < 1.29 is 5.11 Å². The Kier molecular flexibility index (Phi) is 4.51. The zero-order chi connectivity index (χ0) is 12.2. The normalized spacial score (nSPS) is 16.8. The van der Waals surface area contributed by atoms with Crippen molar-refractivity contribution in [3.8, 4) is 0 Å². The molecule has 2 heteroatoms. The number of rotatable bonds is 5. The van der Waals surface area contributed by atoms with Crippen molar-refractivity contribution >= 4 is 0 Å². The van der Waals surface area contributed by atoms with Crippen LogP contribution in [0.2, 0.25) is 0 Å². The minimum Gasteiger partial charge on any atom is -0.389 e. The Morgan fingerprint density at radius 2 is 2.12 bits per heavy atom. The van der Waals surface area contributed by atoms with E-state index in [2.05, 4.69) is 43.4 Å². The molecule has 0 spiro atoms. The summed E-state index contributed by atoms with van der Waals surface area (Å²) < 4.78 is 0. The number of benzene rings is 1. The second-order valence-electron chi connectivity index (χ2n) is 4.87. The SMILES string of the molecule is CCC(C)(O)CN[C@H](C)c1cccc(C)c1. The summed E-state index contributed by atoms with van der Waals surface area (Å²) in [6, 6.07) is 8.74. The number of hydrogen-bond acceptors (Lipinski definition) is 2. The first kappa shape index (κ1) is 13.2. The molecule has 2 N–H and O–H groups in total. The van der Waals surface area contributed by atoms with Gasteiger partial charge in [-0.15, -0.1) is 0 Å². The van der Waals surface area contributed by atoms with Crippen LogP contribution in [0.4, 0.5) is 0 Å². The molecule has 16 heavy (non-hydrogen) atoms. The van der Waals surface area contributed by atoms with Crippen LogP contribution in [-0.2, 0) is 0 Å². The number of nitrogens with one attached hydrogen (secondary N) is 1. The highest BCUT2D eigenvalue weighted by atomic mass is 16.3. The van der Waals surface area contributed by atoms with Crippen LogP contribution < -0.4 is 5.32 Å². The molecule has 2 atom stereocenters. The minimum atomic E-state index is -0.613. The molecule has 0 saturated heterocycles. The highest BCUT2D eigenvalue weighted by Crippen LogP contribution is 2.15. The van der Waals surface area contributed by atoms with Crippen LogP contribution in [0.3, 0.4) is 0 Å². The van der Waals surface area contributed by atoms with E-state index in [4.69, 9.17) is 0 Å². The molecule has 0 heterocycles. The molecular formula is C14H23NO. The molecule has 0 aromatic heterocycles. The zero-order valence-electron chi connectivity index (χ0n) is 10.7. The van der Waals surface area contributed by atoms with Crippen LogP contribution >= 0.6 is 0 Å². The van der Waals surface area contributed by atoms with E-state index in [1.165, 1.54) is 11.1 Å². The summed E-state index contributed by atoms with van der Waals surface area (Å²) in [5.74, 6) is 0. The Morgan fingerprint density at radius 3 is 2.69 bits per heavy atom. The Bertz CT molecular complexity index is 333. The maximum Gasteiger partial charge on any atom is 0.0741 e. The van der Waals surface area contributed by atoms with E-state index in [9.17, 15) is 5.11 Å². The topological polar surface area (TPSA) is 32.3 Å². The summed E-state index contributed by atoms with van der Waals surface area (Å²) in [7, 11) is 0. The molecule has 1 rings (SSSR count). The molecule has 0 aliphatic rings. The summed E-state index contributed by atoms with van der Waals surface area (Å²) in [6.07, 6.45) is 0.764. The lowest BCUT2D eigenvalue weighted by atomic mass is 10.0. The standard InChI is InChI=1S/C14H23NO/c1-5-14(4,16)10-15-12(3)13-8-6-7-11(2)9-13/h6-9,12,15-16H,5,10H2,1-4H3/t12-,14?/m1/s1. The Hall–Kier alpha value is -0.860. The van der Waals surface area contributed by atoms with Crippen LogP contribution in [0.15, 0.2) is 24.3 Å². The van der Waals surface area contributed by atoms with Gasteiger partial charge in [0.2, 0.25) is 0 Å². The van der Waals surface area contributed by atoms with Gasteiger partial charge in [0.25, 0.3) is 0 Å². The van der Waals surface area contributed by atoms with Gasteiger partial charge in [-0.2, -0.15) is 0 Å². The van der Waals surface area contributed by atoms with Gasteiger partial charge in [0.1, 0.15) is 0 Å². The molecule has 1 unspecified atom stereocenters. The maximum atomic E-state index is 9.91. The average Bonchev–Trinajstić information content (AvgIpc) is 2.26. The molecule has 90 valence electrons. The molecule has 1 aromatic rings. The molecule has 0 fully saturated rings. The first-order chi connectivity index (χ1) is 7.44. The van der Waals surface area contributed by atoms with Gasteiger partial charge in [0.05, 0.1) is 5.60 Å². The van der Waals surface area contributed by atoms with Gasteiger partial charge < -0.3 is 10.4 Å². The van der Waals surface area contributed by atoms with E-state index in [0.29, 0.717) is 6.54 Å². The first-order valence-corrected chi connectivity index (χ1v) is 5.97. The van der Waals surface area contributed by atoms with Gasteiger partial charge in [-0.1, -0.05) is 36.8 Å².